The molecule has 0 radical (unpaired) electrons. The smallest absolute Gasteiger partial charge is 0.339 e. The van der Waals surface area contributed by atoms with Crippen molar-refractivity contribution in [2.75, 3.05) is 0 Å². The van der Waals surface area contributed by atoms with Crippen LogP contribution in [0.1, 0.15) is 43.5 Å². The van der Waals surface area contributed by atoms with Crippen LogP contribution in [0.3, 0.4) is 0 Å². The number of amides is 1. The van der Waals surface area contributed by atoms with Crippen molar-refractivity contribution in [1.29, 1.82) is 0 Å². The average molecular weight is 417 g/mol. The second-order valence-electron chi connectivity index (χ2n) is 6.34. The van der Waals surface area contributed by atoms with E-state index in [0.29, 0.717) is 10.6 Å². The highest BCUT2D eigenvalue weighted by atomic mass is 19.4. The largest absolute Gasteiger partial charge is 0.416 e. The molecule has 29 heavy (non-hydrogen) atoms. The summed E-state index contributed by atoms with van der Waals surface area (Å²) in [5.74, 6) is -2.35. The molecule has 2 aliphatic rings. The van der Waals surface area contributed by atoms with E-state index < -0.39 is 53.3 Å². The molecule has 0 aromatic heterocycles. The second kappa shape index (κ2) is 6.21. The third-order valence-electron chi connectivity index (χ3n) is 4.40. The van der Waals surface area contributed by atoms with Crippen molar-refractivity contribution >= 4 is 11.9 Å². The Bertz CT molecular complexity index is 984. The maximum Gasteiger partial charge on any atom is 0.416 e. The van der Waals surface area contributed by atoms with Gasteiger partial charge in [0.1, 0.15) is 6.10 Å². The Kier molecular flexibility index (Phi) is 4.12. The number of carbonyl (C=O) groups is 2. The number of nitrogens with zero attached hydrogens (tertiary/aromatic N) is 1. The van der Waals surface area contributed by atoms with Gasteiger partial charge >= 0.3 is 18.3 Å². The SMILES string of the molecule is O=C(ON1C(=O)c2ccccc2C2OC21)c1cc(C(F)(F)F)cc(C(F)(F)F)c1. The van der Waals surface area contributed by atoms with Gasteiger partial charge < -0.3 is 9.57 Å². The normalized spacial score (nSPS) is 20.8. The fourth-order valence-corrected chi connectivity index (χ4v) is 2.99. The van der Waals surface area contributed by atoms with E-state index in [-0.39, 0.29) is 23.8 Å². The van der Waals surface area contributed by atoms with Gasteiger partial charge in [0.15, 0.2) is 6.23 Å². The van der Waals surface area contributed by atoms with Crippen molar-refractivity contribution in [2.45, 2.75) is 24.7 Å². The number of rotatable bonds is 2. The zero-order valence-electron chi connectivity index (χ0n) is 14.0. The van der Waals surface area contributed by atoms with E-state index in [1.807, 2.05) is 0 Å². The number of halogens is 6. The van der Waals surface area contributed by atoms with Gasteiger partial charge in [-0.15, -0.1) is 5.06 Å². The van der Waals surface area contributed by atoms with Gasteiger partial charge in [0.2, 0.25) is 0 Å². The molecule has 2 unspecified atom stereocenters. The van der Waals surface area contributed by atoms with Gasteiger partial charge in [0, 0.05) is 5.56 Å². The van der Waals surface area contributed by atoms with Crippen LogP contribution < -0.4 is 0 Å². The number of hydroxylamine groups is 2. The summed E-state index contributed by atoms with van der Waals surface area (Å²) in [6, 6.07) is 6.60. The fraction of sp³-hybridized carbons (Fsp3) is 0.222. The summed E-state index contributed by atoms with van der Waals surface area (Å²) in [6.45, 7) is 0. The third-order valence-corrected chi connectivity index (χ3v) is 4.40. The van der Waals surface area contributed by atoms with Crippen LogP contribution in [0.25, 0.3) is 0 Å². The van der Waals surface area contributed by atoms with Crippen LogP contribution in [0.2, 0.25) is 0 Å². The first-order chi connectivity index (χ1) is 13.5. The highest BCUT2D eigenvalue weighted by Gasteiger charge is 2.55. The molecule has 2 aromatic rings. The molecule has 2 atom stereocenters. The molecule has 2 aliphatic heterocycles. The minimum absolute atomic E-state index is 0.112. The molecule has 0 N–H and O–H groups in total. The van der Waals surface area contributed by atoms with Crippen LogP contribution in [0.4, 0.5) is 26.3 Å². The van der Waals surface area contributed by atoms with Gasteiger partial charge in [-0.3, -0.25) is 4.79 Å². The van der Waals surface area contributed by atoms with E-state index in [4.69, 9.17) is 9.57 Å². The minimum atomic E-state index is -5.12. The zero-order valence-corrected chi connectivity index (χ0v) is 14.0. The molecule has 1 saturated heterocycles. The summed E-state index contributed by atoms with van der Waals surface area (Å²) in [5, 5.41) is 0.517. The Hall–Kier alpha value is -3.08. The number of fused-ring (bicyclic) bond motifs is 3. The lowest BCUT2D eigenvalue weighted by Crippen LogP contribution is -2.39. The Morgan fingerprint density at radius 3 is 2.14 bits per heavy atom. The topological polar surface area (TPSA) is 59.1 Å². The molecule has 2 heterocycles. The summed E-state index contributed by atoms with van der Waals surface area (Å²) in [4.78, 5) is 29.6. The predicted molar refractivity (Wildman–Crippen MR) is 82.1 cm³/mol. The molecule has 2 aromatic carbocycles. The number of carbonyl (C=O) groups excluding carboxylic acids is 2. The van der Waals surface area contributed by atoms with Gasteiger partial charge in [0.05, 0.1) is 16.7 Å². The van der Waals surface area contributed by atoms with Gasteiger partial charge in [0.25, 0.3) is 5.91 Å². The monoisotopic (exact) mass is 417 g/mol. The van der Waals surface area contributed by atoms with Crippen molar-refractivity contribution in [1.82, 2.24) is 5.06 Å². The number of epoxide rings is 1. The van der Waals surface area contributed by atoms with Crippen molar-refractivity contribution in [3.63, 3.8) is 0 Å². The lowest BCUT2D eigenvalue weighted by molar-refractivity contribution is -0.143. The molecule has 0 saturated carbocycles. The minimum Gasteiger partial charge on any atom is -0.339 e. The van der Waals surface area contributed by atoms with E-state index in [0.717, 1.165) is 0 Å². The first-order valence-corrected chi connectivity index (χ1v) is 8.06. The lowest BCUT2D eigenvalue weighted by Gasteiger charge is -2.23. The van der Waals surface area contributed by atoms with E-state index >= 15 is 0 Å². The number of hydrogen-bond donors (Lipinski definition) is 0. The van der Waals surface area contributed by atoms with Crippen molar-refractivity contribution in [3.05, 3.63) is 70.3 Å². The van der Waals surface area contributed by atoms with Crippen LogP contribution in [-0.4, -0.2) is 23.2 Å². The second-order valence-corrected chi connectivity index (χ2v) is 6.34. The summed E-state index contributed by atoms with van der Waals surface area (Å²) < 4.78 is 82.9. The lowest BCUT2D eigenvalue weighted by atomic mass is 10.0. The Morgan fingerprint density at radius 2 is 1.55 bits per heavy atom. The maximum absolute atomic E-state index is 13.0. The van der Waals surface area contributed by atoms with E-state index in [1.54, 1.807) is 18.2 Å². The van der Waals surface area contributed by atoms with Gasteiger partial charge in [-0.05, 0) is 29.8 Å². The fourth-order valence-electron chi connectivity index (χ4n) is 2.99. The number of hydrogen-bond acceptors (Lipinski definition) is 4. The highest BCUT2D eigenvalue weighted by Crippen LogP contribution is 2.47. The van der Waals surface area contributed by atoms with Crippen LogP contribution in [0.15, 0.2) is 42.5 Å². The predicted octanol–water partition coefficient (Wildman–Crippen LogP) is 4.35. The van der Waals surface area contributed by atoms with E-state index in [1.165, 1.54) is 6.07 Å². The van der Waals surface area contributed by atoms with E-state index in [2.05, 4.69) is 0 Å². The quantitative estimate of drug-likeness (QED) is 0.539. The molecule has 0 bridgehead atoms. The van der Waals surface area contributed by atoms with Gasteiger partial charge in [-0.1, -0.05) is 18.2 Å². The molecule has 11 heteroatoms. The first-order valence-electron chi connectivity index (χ1n) is 8.06. The molecule has 0 aliphatic carbocycles. The van der Waals surface area contributed by atoms with Crippen molar-refractivity contribution < 1.29 is 45.5 Å². The highest BCUT2D eigenvalue weighted by molar-refractivity contribution is 5.99. The Balaban J connectivity index is 1.65. The molecular weight excluding hydrogens is 408 g/mol. The molecule has 1 amide bonds. The molecule has 4 rings (SSSR count). The van der Waals surface area contributed by atoms with Crippen molar-refractivity contribution in [2.24, 2.45) is 0 Å². The number of alkyl halides is 6. The van der Waals surface area contributed by atoms with E-state index in [9.17, 15) is 35.9 Å². The number of ether oxygens (including phenoxy) is 1. The molecule has 0 spiro atoms. The zero-order chi connectivity index (χ0) is 21.1. The van der Waals surface area contributed by atoms with Crippen LogP contribution >= 0.6 is 0 Å². The van der Waals surface area contributed by atoms with Crippen LogP contribution in [0, 0.1) is 0 Å². The standard InChI is InChI=1S/C18H9F6NO4/c19-17(20,21)9-5-8(6-10(7-9)18(22,23)24)16(27)29-25-14(26)12-4-2-1-3-11(12)13-15(25)28-13/h1-7,13,15H. The summed E-state index contributed by atoms with van der Waals surface area (Å²) >= 11 is 0. The third kappa shape index (κ3) is 3.41. The number of benzene rings is 2. The summed E-state index contributed by atoms with van der Waals surface area (Å²) in [7, 11) is 0. The molecule has 152 valence electrons. The molecular formula is C18H9F6NO4. The first kappa shape index (κ1) is 19.2. The summed E-state index contributed by atoms with van der Waals surface area (Å²) in [5.41, 5.74) is -3.64. The maximum atomic E-state index is 13.0. The van der Waals surface area contributed by atoms with Gasteiger partial charge in [-0.2, -0.15) is 26.3 Å². The van der Waals surface area contributed by atoms with Crippen molar-refractivity contribution in [3.8, 4) is 0 Å². The molecule has 5 nitrogen and oxygen atoms in total. The van der Waals surface area contributed by atoms with Crippen LogP contribution in [0.5, 0.6) is 0 Å². The Labute approximate surface area is 158 Å². The van der Waals surface area contributed by atoms with Crippen LogP contribution in [-0.2, 0) is 21.9 Å². The average Bonchev–Trinajstić information content (AvgIpc) is 3.44. The Morgan fingerprint density at radius 1 is 0.966 bits per heavy atom. The summed E-state index contributed by atoms with van der Waals surface area (Å²) in [6.07, 6.45) is -11.8. The van der Waals surface area contributed by atoms with Gasteiger partial charge in [-0.25, -0.2) is 4.79 Å². The molecule has 1 fully saturated rings.